The van der Waals surface area contributed by atoms with Crippen molar-refractivity contribution in [3.63, 3.8) is 0 Å². The Labute approximate surface area is 498 Å². The van der Waals surface area contributed by atoms with Crippen LogP contribution in [0.15, 0.2) is 54.6 Å². The van der Waals surface area contributed by atoms with Crippen LogP contribution in [0.1, 0.15) is 124 Å². The number of likely N-dealkylation sites (N-methyl/N-ethyl adjacent to an activating group) is 2. The lowest BCUT2D eigenvalue weighted by Crippen LogP contribution is -2.59. The van der Waals surface area contributed by atoms with Crippen molar-refractivity contribution in [3.05, 3.63) is 65.7 Å². The molecule has 10 atom stereocenters. The van der Waals surface area contributed by atoms with Crippen molar-refractivity contribution in [1.29, 1.82) is 0 Å². The van der Waals surface area contributed by atoms with Gasteiger partial charge in [-0.2, -0.15) is 0 Å². The third-order valence-electron chi connectivity index (χ3n) is 16.6. The van der Waals surface area contributed by atoms with Gasteiger partial charge in [0.2, 0.25) is 47.3 Å². The topological polar surface area (TPSA) is 275 Å². The molecule has 9 amide bonds. The summed E-state index contributed by atoms with van der Waals surface area (Å²) in [5, 5.41) is 16.8. The van der Waals surface area contributed by atoms with Gasteiger partial charge in [0.05, 0.1) is 49.3 Å². The summed E-state index contributed by atoms with van der Waals surface area (Å²) in [7, 11) is 10.0. The largest absolute Gasteiger partial charge is 0.379 e. The van der Waals surface area contributed by atoms with Crippen LogP contribution in [-0.2, 0) is 70.5 Å². The maximum absolute atomic E-state index is 14.5. The second-order valence-electron chi connectivity index (χ2n) is 23.7. The Morgan fingerprint density at radius 2 is 1.33 bits per heavy atom. The summed E-state index contributed by atoms with van der Waals surface area (Å²) in [4.78, 5) is 132. The maximum Gasteiger partial charge on any atom is 0.266 e. The molecule has 2 aromatic rings. The molecular formula is C62H98N10O12. The van der Waals surface area contributed by atoms with Gasteiger partial charge in [0.15, 0.2) is 0 Å². The van der Waals surface area contributed by atoms with Crippen molar-refractivity contribution in [3.8, 4) is 0 Å². The van der Waals surface area contributed by atoms with Crippen LogP contribution in [-0.4, -0.2) is 172 Å². The summed E-state index contributed by atoms with van der Waals surface area (Å²) in [5.74, 6) is -4.23. The third-order valence-corrected chi connectivity index (χ3v) is 16.6. The Kier molecular flexibility index (Phi) is 28.7. The van der Waals surface area contributed by atoms with Crippen LogP contribution in [0.5, 0.6) is 0 Å². The summed E-state index contributed by atoms with van der Waals surface area (Å²) < 4.78 is 12.1. The van der Waals surface area contributed by atoms with Gasteiger partial charge >= 0.3 is 0 Å². The first-order chi connectivity index (χ1) is 39.9. The number of nitrogens with one attached hydrogen (secondary N) is 7. The second kappa shape index (κ2) is 34.5. The molecule has 0 radical (unpaired) electrons. The maximum atomic E-state index is 14.5. The van der Waals surface area contributed by atoms with Crippen molar-refractivity contribution in [1.82, 2.24) is 46.8 Å². The van der Waals surface area contributed by atoms with Crippen LogP contribution in [0.3, 0.4) is 0 Å². The smallest absolute Gasteiger partial charge is 0.266 e. The molecule has 1 saturated carbocycles. The average Bonchev–Trinajstić information content (AvgIpc) is 4.17. The van der Waals surface area contributed by atoms with E-state index in [2.05, 4.69) is 37.4 Å². The van der Waals surface area contributed by atoms with Crippen molar-refractivity contribution < 1.29 is 57.5 Å². The average molecular weight is 1180 g/mol. The lowest BCUT2D eigenvalue weighted by Gasteiger charge is -2.41. The van der Waals surface area contributed by atoms with Gasteiger partial charge in [0, 0.05) is 71.8 Å². The number of carbonyl (C=O) groups is 9. The highest BCUT2D eigenvalue weighted by atomic mass is 16.7. The van der Waals surface area contributed by atoms with E-state index in [0.717, 1.165) is 5.56 Å². The summed E-state index contributed by atoms with van der Waals surface area (Å²) >= 11 is 0. The van der Waals surface area contributed by atoms with Crippen molar-refractivity contribution in [2.24, 2.45) is 35.5 Å². The summed E-state index contributed by atoms with van der Waals surface area (Å²) in [6, 6.07) is 11.7. The van der Waals surface area contributed by atoms with Crippen LogP contribution in [0.25, 0.3) is 0 Å². The molecule has 2 aromatic carbocycles. The lowest BCUT2D eigenvalue weighted by atomic mass is 9.81. The predicted octanol–water partition coefficient (Wildman–Crippen LogP) is 4.11. The first-order valence-corrected chi connectivity index (χ1v) is 29.9. The highest BCUT2D eigenvalue weighted by molar-refractivity contribution is 5.97. The van der Waals surface area contributed by atoms with Crippen LogP contribution in [0.4, 0.5) is 5.69 Å². The van der Waals surface area contributed by atoms with Gasteiger partial charge in [0.1, 0.15) is 18.1 Å². The first kappa shape index (κ1) is 70.0. The summed E-state index contributed by atoms with van der Waals surface area (Å²) in [5.41, 5.74) is 4.39. The molecule has 22 nitrogen and oxygen atoms in total. The Morgan fingerprint density at radius 3 is 1.89 bits per heavy atom. The molecular weight excluding hydrogens is 1080 g/mol. The molecule has 4 rings (SSSR count). The molecule has 22 heteroatoms. The van der Waals surface area contributed by atoms with Crippen LogP contribution in [0, 0.1) is 35.5 Å². The monoisotopic (exact) mass is 1170 g/mol. The fourth-order valence-electron chi connectivity index (χ4n) is 11.6. The quantitative estimate of drug-likeness (QED) is 0.0509. The van der Waals surface area contributed by atoms with E-state index in [1.165, 1.54) is 14.2 Å². The Morgan fingerprint density at radius 1 is 0.702 bits per heavy atom. The number of hydrogen-bond donors (Lipinski definition) is 7. The number of nitrogens with zero attached hydrogens (tertiary/aromatic N) is 3. The fraction of sp³-hybridized carbons (Fsp3) is 0.661. The van der Waals surface area contributed by atoms with E-state index in [4.69, 9.17) is 14.3 Å². The van der Waals surface area contributed by atoms with Gasteiger partial charge in [-0.3, -0.25) is 52.9 Å². The van der Waals surface area contributed by atoms with E-state index in [0.29, 0.717) is 62.7 Å². The van der Waals surface area contributed by atoms with Gasteiger partial charge in [-0.1, -0.05) is 97.4 Å². The molecule has 1 aliphatic carbocycles. The Bertz CT molecular complexity index is 2460. The molecule has 1 heterocycles. The summed E-state index contributed by atoms with van der Waals surface area (Å²) in [6.45, 7) is 15.5. The highest BCUT2D eigenvalue weighted by Gasteiger charge is 2.44. The number of ether oxygens (including phenoxy) is 2. The minimum absolute atomic E-state index is 0.00549. The van der Waals surface area contributed by atoms with Crippen LogP contribution >= 0.6 is 0 Å². The highest BCUT2D eigenvalue weighted by Crippen LogP contribution is 2.31. The van der Waals surface area contributed by atoms with Crippen LogP contribution < -0.4 is 37.4 Å². The minimum Gasteiger partial charge on any atom is -0.379 e. The fourth-order valence-corrected chi connectivity index (χ4v) is 11.6. The van der Waals surface area contributed by atoms with Gasteiger partial charge in [0.25, 0.3) is 5.91 Å². The van der Waals surface area contributed by atoms with Crippen molar-refractivity contribution in [2.75, 3.05) is 60.8 Å². The van der Waals surface area contributed by atoms with E-state index < -0.39 is 78.0 Å². The number of hydroxylamine groups is 1. The first-order valence-electron chi connectivity index (χ1n) is 29.9. The molecule has 0 bridgehead atoms. The van der Waals surface area contributed by atoms with Gasteiger partial charge in [-0.25, -0.2) is 5.48 Å². The number of amides is 9. The van der Waals surface area contributed by atoms with Crippen molar-refractivity contribution in [2.45, 2.75) is 175 Å². The van der Waals surface area contributed by atoms with E-state index in [9.17, 15) is 43.2 Å². The second-order valence-corrected chi connectivity index (χ2v) is 23.7. The molecule has 1 saturated heterocycles. The lowest BCUT2D eigenvalue weighted by molar-refractivity contribution is -0.148. The number of rotatable bonds is 32. The Balaban J connectivity index is 1.34. The van der Waals surface area contributed by atoms with Crippen LogP contribution in [0.2, 0.25) is 0 Å². The van der Waals surface area contributed by atoms with Gasteiger partial charge < -0.3 is 51.2 Å². The molecule has 2 fully saturated rings. The number of anilines is 1. The normalized spacial score (nSPS) is 19.3. The molecule has 0 spiro atoms. The molecule has 468 valence electrons. The van der Waals surface area contributed by atoms with E-state index >= 15 is 0 Å². The zero-order chi connectivity index (χ0) is 62.4. The standard InChI is InChI=1S/C62H98N10O12/c1-15-39(6)54(71(12)62(81)52(37(2)3)68-61(80)53(38(4)5)70(10)11)49(82-13)35-51(74)72-33-19-22-48(72)55(83-14)40(7)56(75)67-47(34-42-20-17-16-18-21-42)60(79)69-84-36-43-23-29-46(30-24-43)66-57(76)41(8)65-50(73)31-32-64-59(78)45-27-25-44(26-28-45)58(77)63-9/h16-18,20-21,23-24,29-30,37-41,44-45,47-49,52-55H,15,19,22,25-28,31-36H2,1-14H3,(H,63,77)(H,64,78)(H,65,73)(H,66,76)(H,67,75)(H,68,80)(H,69,79)/t39-,40+,41+,44?,45?,47-,48-,49+,52-,53-,54-,55+/m0/s1. The molecule has 0 unspecified atom stereocenters. The molecule has 1 aliphatic heterocycles. The van der Waals surface area contributed by atoms with E-state index in [1.807, 2.05) is 90.9 Å². The number of methoxy groups -OCH3 is 2. The van der Waals surface area contributed by atoms with E-state index in [1.54, 1.807) is 62.0 Å². The zero-order valence-corrected chi connectivity index (χ0v) is 52.2. The number of likely N-dealkylation sites (tertiary alicyclic amines) is 1. The Hall–Kier alpha value is -6.49. The SMILES string of the molecule is CC[C@H](C)[C@@H]([C@@H](CC(=O)N1CCC[C@H]1[C@H](OC)[C@@H](C)C(=O)N[C@@H](Cc1ccccc1)C(=O)NOCc1ccc(NC(=O)[C@@H](C)NC(=O)CCNC(=O)C2CCC(C(=O)NC)CC2)cc1)OC)N(C)C(=O)[C@@H](NC(=O)[C@H](C(C)C)N(C)C)C(C)C. The number of carbonyl (C=O) groups excluding carboxylic acids is 9. The molecule has 2 aliphatic rings. The third kappa shape index (κ3) is 20.4. The minimum atomic E-state index is -1.07. The van der Waals surface area contributed by atoms with E-state index in [-0.39, 0.29) is 91.5 Å². The van der Waals surface area contributed by atoms with Gasteiger partial charge in [-0.05, 0) is 101 Å². The zero-order valence-electron chi connectivity index (χ0n) is 52.2. The molecule has 84 heavy (non-hydrogen) atoms. The number of hydrogen-bond acceptors (Lipinski definition) is 13. The predicted molar refractivity (Wildman–Crippen MR) is 320 cm³/mol. The molecule has 7 N–H and O–H groups in total. The molecule has 0 aromatic heterocycles. The number of benzene rings is 2. The van der Waals surface area contributed by atoms with Crippen molar-refractivity contribution >= 4 is 58.9 Å². The summed E-state index contributed by atoms with van der Waals surface area (Å²) in [6.07, 6.45) is 3.02. The van der Waals surface area contributed by atoms with Gasteiger partial charge in [-0.15, -0.1) is 0 Å².